The average Bonchev–Trinajstić information content (AvgIpc) is 1.67. The van der Waals surface area contributed by atoms with Crippen molar-refractivity contribution in [1.29, 1.82) is 0 Å². The Kier molecular flexibility index (Phi) is 35.8. The number of nitrogens with zero attached hydrogens (tertiary/aromatic N) is 5. The summed E-state index contributed by atoms with van der Waals surface area (Å²) in [5, 5.41) is 58.8. The number of aliphatic hydroxyl groups is 2. The molecule has 0 saturated carbocycles. The normalized spacial score (nSPS) is 24.7. The highest BCUT2D eigenvalue weighted by Gasteiger charge is 2.46. The quantitative estimate of drug-likeness (QED) is 0.0328. The third-order valence-corrected chi connectivity index (χ3v) is 23.0. The number of aromatic nitrogens is 2. The van der Waals surface area contributed by atoms with Crippen molar-refractivity contribution in [1.82, 2.24) is 87.6 Å². The second-order valence-corrected chi connectivity index (χ2v) is 32.1. The number of nitrogens with one attached hydrogen (secondary N) is 12. The number of carbonyl (C=O) groups excluding carboxylic acids is 18. The number of hydrogen-bond donors (Lipinski definition) is 18. The maximum Gasteiger partial charge on any atom is 0.246 e. The van der Waals surface area contributed by atoms with Crippen LogP contribution in [-0.4, -0.2) is 307 Å². The summed E-state index contributed by atoms with van der Waals surface area (Å²) < 4.78 is 0. The largest absolute Gasteiger partial charge is 0.508 e. The van der Waals surface area contributed by atoms with E-state index >= 15 is 14.4 Å². The summed E-state index contributed by atoms with van der Waals surface area (Å²) in [7, 11) is 3.88. The molecule has 0 unspecified atom stereocenters. The molecule has 0 bridgehead atoms. The van der Waals surface area contributed by atoms with Crippen LogP contribution in [0.4, 0.5) is 0 Å². The first-order valence-electron chi connectivity index (χ1n) is 41.0. The van der Waals surface area contributed by atoms with Crippen LogP contribution < -0.4 is 70.4 Å². The molecule has 42 heteroatoms. The SMILES string of the molecule is CCCC[C@H]1C(=O)N(C)[C@@H](CCCC)C(=O)NCC(=O)N[C@H](C(=O)NCC(N)=O)CSCC(=O)N[C@@H](Cc2ccc(O)cc2)C(=O)N(C)[C@@H](C)C(=O)N[C@@H](CC(N)=O)C(=O)N2CCC[C@H]2C(=O)NCC(=O)N[C@@H](CCC(N)=O)C(=O)N2C[C@H](O)C[C@H]2C(=O)N[C@@H](Cc2c[nH]c3ccccc23)C(=O)N[C@@H](CO)C(=O)N[C@@H](Cc2c[nH]c3ccccc23)C(=O)N1C. The number of benzene rings is 3. The van der Waals surface area contributed by atoms with E-state index in [-0.39, 0.29) is 57.2 Å². The van der Waals surface area contributed by atoms with Gasteiger partial charge in [-0.3, -0.25) is 86.3 Å². The number of hydrogen-bond acceptors (Lipinski definition) is 22. The van der Waals surface area contributed by atoms with Crippen molar-refractivity contribution in [3.05, 3.63) is 102 Å². The number of phenolic OH excluding ortho intramolecular Hbond substituents is 1. The molecule has 3 aliphatic rings. The molecule has 5 heterocycles. The van der Waals surface area contributed by atoms with Crippen molar-refractivity contribution in [2.24, 2.45) is 17.2 Å². The molecule has 0 radical (unpaired) electrons. The van der Waals surface area contributed by atoms with Crippen molar-refractivity contribution in [2.75, 3.05) is 72.0 Å². The smallest absolute Gasteiger partial charge is 0.246 e. The topological polar surface area (TPSA) is 614 Å². The Morgan fingerprint density at radius 1 is 0.524 bits per heavy atom. The third-order valence-electron chi connectivity index (χ3n) is 21.9. The average molecular weight is 1750 g/mol. The lowest BCUT2D eigenvalue weighted by molar-refractivity contribution is -0.149. The number of para-hydroxylation sites is 2. The van der Waals surface area contributed by atoms with E-state index in [4.69, 9.17) is 17.2 Å². The van der Waals surface area contributed by atoms with E-state index in [1.807, 2.05) is 13.8 Å². The molecule has 672 valence electrons. The predicted octanol–water partition coefficient (Wildman–Crippen LogP) is -4.68. The van der Waals surface area contributed by atoms with Gasteiger partial charge in [-0.2, -0.15) is 0 Å². The van der Waals surface area contributed by atoms with E-state index in [1.54, 1.807) is 60.9 Å². The lowest BCUT2D eigenvalue weighted by Gasteiger charge is -2.36. The zero-order chi connectivity index (χ0) is 90.8. The Bertz CT molecular complexity index is 4740. The number of phenols is 1. The van der Waals surface area contributed by atoms with E-state index in [9.17, 15) is 87.2 Å². The van der Waals surface area contributed by atoms with Gasteiger partial charge in [0.2, 0.25) is 106 Å². The Hall–Kier alpha value is -12.7. The molecule has 3 saturated heterocycles. The zero-order valence-electron chi connectivity index (χ0n) is 69.9. The Morgan fingerprint density at radius 2 is 1.06 bits per heavy atom. The number of amides is 18. The molecule has 5 aromatic rings. The van der Waals surface area contributed by atoms with Gasteiger partial charge in [0, 0.05) is 106 Å². The Labute approximate surface area is 718 Å². The third kappa shape index (κ3) is 26.6. The number of rotatable bonds is 21. The van der Waals surface area contributed by atoms with Crippen LogP contribution in [0.1, 0.15) is 115 Å². The summed E-state index contributed by atoms with van der Waals surface area (Å²) in [5.74, 6) is -18.3. The van der Waals surface area contributed by atoms with E-state index in [2.05, 4.69) is 63.1 Å². The minimum absolute atomic E-state index is 0.0125. The van der Waals surface area contributed by atoms with Gasteiger partial charge in [0.15, 0.2) is 0 Å². The molecular formula is C82H112N20O21S. The number of thioether (sulfide) groups is 1. The lowest BCUT2D eigenvalue weighted by Crippen LogP contribution is -2.61. The van der Waals surface area contributed by atoms with Crippen LogP contribution in [0.25, 0.3) is 21.8 Å². The minimum Gasteiger partial charge on any atom is -0.508 e. The number of likely N-dealkylation sites (N-methyl/N-ethyl adjacent to an activating group) is 3. The second-order valence-electron chi connectivity index (χ2n) is 31.0. The van der Waals surface area contributed by atoms with Gasteiger partial charge in [0.05, 0.1) is 44.5 Å². The van der Waals surface area contributed by atoms with Gasteiger partial charge < -0.3 is 120 Å². The van der Waals surface area contributed by atoms with E-state index in [0.29, 0.717) is 64.2 Å². The summed E-state index contributed by atoms with van der Waals surface area (Å²) in [6.45, 7) is 0.777. The first kappa shape index (κ1) is 96.7. The van der Waals surface area contributed by atoms with Crippen LogP contribution >= 0.6 is 11.8 Å². The van der Waals surface area contributed by atoms with Crippen molar-refractivity contribution in [3.8, 4) is 5.75 Å². The van der Waals surface area contributed by atoms with Crippen LogP contribution in [0.15, 0.2) is 85.2 Å². The fourth-order valence-electron chi connectivity index (χ4n) is 15.0. The molecular weight excluding hydrogens is 1630 g/mol. The van der Waals surface area contributed by atoms with Gasteiger partial charge in [-0.25, -0.2) is 0 Å². The van der Waals surface area contributed by atoms with Crippen molar-refractivity contribution in [2.45, 2.75) is 196 Å². The van der Waals surface area contributed by atoms with E-state index in [0.717, 1.165) is 36.3 Å². The highest BCUT2D eigenvalue weighted by molar-refractivity contribution is 8.00. The maximum absolute atomic E-state index is 15.5. The molecule has 3 aromatic carbocycles. The van der Waals surface area contributed by atoms with E-state index in [1.165, 1.54) is 52.3 Å². The molecule has 0 aliphatic carbocycles. The number of primary amides is 3. The maximum atomic E-state index is 15.5. The van der Waals surface area contributed by atoms with Crippen LogP contribution in [0.3, 0.4) is 0 Å². The number of nitrogens with two attached hydrogens (primary N) is 3. The number of aliphatic hydroxyl groups excluding tert-OH is 2. The highest BCUT2D eigenvalue weighted by Crippen LogP contribution is 2.27. The standard InChI is InChI=1S/C82H112N20O21S/c1-7-9-20-61-75(116)89-39-69(110)93-60(72(113)88-37-67(85)108)42-124-43-70(111)92-56(30-45-23-25-48(104)26-24-45)78(119)98(4)44(3)71(112)95-58(34-66(84)107)81(122)101-29-15-22-62(101)76(117)90-38-68(109)91-54(27-28-65(83)106)80(121)102-40-49(105)33-64(102)77(118)94-55(31-46-35-86-52-18-13-11-16-50(46)52)73(114)97-59(41-103)74(115)96-57(32-47-36-87-53-19-14-12-17-51(47)53)79(120)100(6)63(21-10-8-2)82(123)99(61)5/h11-14,16-19,23-26,35-36,44,49,54-64,86-87,103-105H,7-10,15,20-22,27-34,37-43H2,1-6H3,(H2,83,106)(H2,84,107)(H2,85,108)(H,88,113)(H,89,116)(H,90,117)(H,91,109)(H,92,111)(H,93,110)(H,94,118)(H,95,112)(H,96,115)(H,97,114)/t44-,49+,54-,55-,56-,57-,58-,59-,60-,61-,62-,63-,64-/m0/s1. The molecule has 3 fully saturated rings. The number of carbonyl (C=O) groups is 18. The molecule has 41 nitrogen and oxygen atoms in total. The molecule has 124 heavy (non-hydrogen) atoms. The van der Waals surface area contributed by atoms with Crippen molar-refractivity contribution >= 4 is 140 Å². The van der Waals surface area contributed by atoms with Gasteiger partial charge in [-0.1, -0.05) is 88.1 Å². The number of aromatic hydroxyl groups is 1. The predicted molar refractivity (Wildman–Crippen MR) is 449 cm³/mol. The number of H-pyrrole nitrogens is 2. The number of fused-ring (bicyclic) bond motifs is 4. The highest BCUT2D eigenvalue weighted by atomic mass is 32.2. The molecule has 18 amide bonds. The molecule has 0 spiro atoms. The van der Waals surface area contributed by atoms with Crippen LogP contribution in [0.2, 0.25) is 0 Å². The lowest BCUT2D eigenvalue weighted by atomic mass is 10.00. The first-order valence-corrected chi connectivity index (χ1v) is 42.1. The number of unbranched alkanes of at least 4 members (excludes halogenated alkanes) is 2. The van der Waals surface area contributed by atoms with Crippen LogP contribution in [0.5, 0.6) is 5.75 Å². The number of aromatic amines is 2. The van der Waals surface area contributed by atoms with Gasteiger partial charge >= 0.3 is 0 Å². The van der Waals surface area contributed by atoms with Gasteiger partial charge in [0.1, 0.15) is 78.3 Å². The summed E-state index contributed by atoms with van der Waals surface area (Å²) >= 11 is 0.772. The fourth-order valence-corrected chi connectivity index (χ4v) is 15.9. The molecule has 3 aliphatic heterocycles. The van der Waals surface area contributed by atoms with Crippen LogP contribution in [0, 0.1) is 0 Å². The molecule has 2 aromatic heterocycles. The minimum atomic E-state index is -1.89. The zero-order valence-corrected chi connectivity index (χ0v) is 70.7. The Balaban J connectivity index is 1.14. The summed E-state index contributed by atoms with van der Waals surface area (Å²) in [6, 6.07) is 0.757. The van der Waals surface area contributed by atoms with Gasteiger partial charge in [-0.05, 0) is 80.0 Å². The van der Waals surface area contributed by atoms with Crippen molar-refractivity contribution < 1.29 is 102 Å². The summed E-state index contributed by atoms with van der Waals surface area (Å²) in [6.07, 6.45) is 0.580. The molecule has 21 N–H and O–H groups in total. The van der Waals surface area contributed by atoms with Crippen LogP contribution in [-0.2, 0) is 106 Å². The molecule has 8 rings (SSSR count). The summed E-state index contributed by atoms with van der Waals surface area (Å²) in [5.41, 5.74) is 19.1. The van der Waals surface area contributed by atoms with Gasteiger partial charge in [0.25, 0.3) is 0 Å². The monoisotopic (exact) mass is 1740 g/mol. The van der Waals surface area contributed by atoms with Gasteiger partial charge in [-0.15, -0.1) is 11.8 Å². The molecule has 13 atom stereocenters. The first-order chi connectivity index (χ1) is 59.0. The Morgan fingerprint density at radius 3 is 1.66 bits per heavy atom. The van der Waals surface area contributed by atoms with E-state index < -0.39 is 255 Å². The fraction of sp³-hybridized carbons (Fsp3) is 0.512. The second kappa shape index (κ2) is 46.0. The van der Waals surface area contributed by atoms with Crippen molar-refractivity contribution in [3.63, 3.8) is 0 Å². The summed E-state index contributed by atoms with van der Waals surface area (Å²) in [4.78, 5) is 267.